The Morgan fingerprint density at radius 2 is 1.97 bits per heavy atom. The molecule has 1 aromatic heterocycles. The molecular weight excluding hydrogens is 428 g/mol. The number of aryl methyl sites for hydroxylation is 2. The molecule has 34 heavy (non-hydrogen) atoms. The number of aromatic nitrogens is 3. The van der Waals surface area contributed by atoms with E-state index in [9.17, 15) is 9.59 Å². The maximum absolute atomic E-state index is 13.2. The van der Waals surface area contributed by atoms with Gasteiger partial charge in [0, 0.05) is 37.7 Å². The predicted octanol–water partition coefficient (Wildman–Crippen LogP) is 3.37. The fourth-order valence-corrected chi connectivity index (χ4v) is 5.15. The van der Waals surface area contributed by atoms with Gasteiger partial charge in [0.1, 0.15) is 11.6 Å². The molecule has 8 heteroatoms. The van der Waals surface area contributed by atoms with Crippen LogP contribution in [0.1, 0.15) is 68.6 Å². The minimum Gasteiger partial charge on any atom is -0.332 e. The van der Waals surface area contributed by atoms with Crippen LogP contribution in [0, 0.1) is 6.92 Å². The lowest BCUT2D eigenvalue weighted by molar-refractivity contribution is -0.136. The molecule has 4 rings (SSSR count). The summed E-state index contributed by atoms with van der Waals surface area (Å²) in [7, 11) is 0. The number of nitrogens with one attached hydrogen (secondary N) is 1. The molecule has 1 atom stereocenters. The fourth-order valence-electron chi connectivity index (χ4n) is 5.15. The van der Waals surface area contributed by atoms with Gasteiger partial charge < -0.3 is 14.8 Å². The van der Waals surface area contributed by atoms with E-state index < -0.39 is 0 Å². The van der Waals surface area contributed by atoms with Crippen molar-refractivity contribution in [2.45, 2.75) is 71.3 Å². The van der Waals surface area contributed by atoms with Crippen LogP contribution < -0.4 is 5.32 Å². The largest absolute Gasteiger partial charge is 0.332 e. The van der Waals surface area contributed by atoms with Gasteiger partial charge in [0.05, 0.1) is 13.1 Å². The zero-order valence-corrected chi connectivity index (χ0v) is 20.6. The summed E-state index contributed by atoms with van der Waals surface area (Å²) in [6.07, 6.45) is 7.58. The molecule has 0 saturated carbocycles. The van der Waals surface area contributed by atoms with E-state index in [1.165, 1.54) is 19.3 Å². The summed E-state index contributed by atoms with van der Waals surface area (Å²) in [6, 6.07) is 7.70. The van der Waals surface area contributed by atoms with Gasteiger partial charge in [0.15, 0.2) is 0 Å². The van der Waals surface area contributed by atoms with Gasteiger partial charge in [-0.3, -0.25) is 14.5 Å². The van der Waals surface area contributed by atoms with Crippen molar-refractivity contribution in [3.63, 3.8) is 0 Å². The van der Waals surface area contributed by atoms with Gasteiger partial charge in [-0.05, 0) is 57.2 Å². The van der Waals surface area contributed by atoms with Crippen LogP contribution in [0.25, 0.3) is 0 Å². The highest BCUT2D eigenvalue weighted by atomic mass is 16.2. The molecule has 8 nitrogen and oxygen atoms in total. The molecule has 0 bridgehead atoms. The second kappa shape index (κ2) is 11.6. The smallest absolute Gasteiger partial charge is 0.244 e. The number of rotatable bonds is 8. The van der Waals surface area contributed by atoms with Gasteiger partial charge in [0.25, 0.3) is 0 Å². The van der Waals surface area contributed by atoms with E-state index in [1.807, 2.05) is 38.1 Å². The zero-order valence-electron chi connectivity index (χ0n) is 20.6. The number of fused-ring (bicyclic) bond motifs is 1. The van der Waals surface area contributed by atoms with Crippen LogP contribution >= 0.6 is 0 Å². The third-order valence-electron chi connectivity index (χ3n) is 6.97. The van der Waals surface area contributed by atoms with Crippen molar-refractivity contribution < 1.29 is 9.59 Å². The molecule has 2 amide bonds. The third-order valence-corrected chi connectivity index (χ3v) is 6.97. The van der Waals surface area contributed by atoms with Crippen LogP contribution in [-0.2, 0) is 22.6 Å². The monoisotopic (exact) mass is 466 g/mol. The molecule has 1 saturated heterocycles. The standard InChI is InChI=1S/C26H38N6O2/c1-3-14-31(18-24(33)27-22-12-7-6-10-20(22)2)25(34)19-30-15-9-11-21(17-30)26-29-28-23-13-5-4-8-16-32(23)26/h6-7,10,12,21H,3-5,8-9,11,13-19H2,1-2H3,(H,27,33). The lowest BCUT2D eigenvalue weighted by Gasteiger charge is -2.33. The molecule has 0 radical (unpaired) electrons. The molecule has 184 valence electrons. The van der Waals surface area contributed by atoms with Crippen molar-refractivity contribution in [2.24, 2.45) is 0 Å². The third kappa shape index (κ3) is 6.03. The Kier molecular flexibility index (Phi) is 8.32. The summed E-state index contributed by atoms with van der Waals surface area (Å²) in [5, 5.41) is 12.0. The number of likely N-dealkylation sites (tertiary alicyclic amines) is 1. The first-order chi connectivity index (χ1) is 16.5. The lowest BCUT2D eigenvalue weighted by atomic mass is 9.97. The number of hydrogen-bond acceptors (Lipinski definition) is 5. The van der Waals surface area contributed by atoms with E-state index in [2.05, 4.69) is 25.0 Å². The van der Waals surface area contributed by atoms with Gasteiger partial charge in [-0.2, -0.15) is 0 Å². The number of carbonyl (C=O) groups is 2. The van der Waals surface area contributed by atoms with E-state index in [-0.39, 0.29) is 18.4 Å². The summed E-state index contributed by atoms with van der Waals surface area (Å²) in [4.78, 5) is 29.8. The molecule has 2 aliphatic rings. The highest BCUT2D eigenvalue weighted by Gasteiger charge is 2.29. The number of carbonyl (C=O) groups excluding carboxylic acids is 2. The number of para-hydroxylation sites is 1. The second-order valence-electron chi connectivity index (χ2n) is 9.69. The van der Waals surface area contributed by atoms with Gasteiger partial charge in [-0.15, -0.1) is 10.2 Å². The molecular formula is C26H38N6O2. The Morgan fingerprint density at radius 1 is 1.12 bits per heavy atom. The van der Waals surface area contributed by atoms with E-state index in [1.54, 1.807) is 4.90 Å². The summed E-state index contributed by atoms with van der Waals surface area (Å²) >= 11 is 0. The van der Waals surface area contributed by atoms with Crippen molar-refractivity contribution in [3.8, 4) is 0 Å². The normalized spacial score (nSPS) is 18.7. The molecule has 0 aliphatic carbocycles. The van der Waals surface area contributed by atoms with E-state index in [0.717, 1.165) is 68.2 Å². The molecule has 2 aromatic rings. The van der Waals surface area contributed by atoms with Crippen molar-refractivity contribution in [1.82, 2.24) is 24.6 Å². The minimum absolute atomic E-state index is 0.0162. The number of nitrogens with zero attached hydrogens (tertiary/aromatic N) is 5. The predicted molar refractivity (Wildman–Crippen MR) is 133 cm³/mol. The number of piperidine rings is 1. The molecule has 1 fully saturated rings. The van der Waals surface area contributed by atoms with Gasteiger partial charge in [0.2, 0.25) is 11.8 Å². The number of benzene rings is 1. The van der Waals surface area contributed by atoms with Crippen LogP contribution in [0.3, 0.4) is 0 Å². The van der Waals surface area contributed by atoms with Crippen molar-refractivity contribution in [3.05, 3.63) is 41.5 Å². The first kappa shape index (κ1) is 24.4. The highest BCUT2D eigenvalue weighted by Crippen LogP contribution is 2.28. The Labute approximate surface area is 202 Å². The first-order valence-corrected chi connectivity index (χ1v) is 12.8. The van der Waals surface area contributed by atoms with E-state index in [0.29, 0.717) is 19.0 Å². The van der Waals surface area contributed by atoms with Crippen LogP contribution in [0.2, 0.25) is 0 Å². The maximum atomic E-state index is 13.2. The summed E-state index contributed by atoms with van der Waals surface area (Å²) in [6.45, 7) is 7.73. The second-order valence-corrected chi connectivity index (χ2v) is 9.69. The molecule has 1 aromatic carbocycles. The molecule has 0 spiro atoms. The number of amides is 2. The number of anilines is 1. The van der Waals surface area contributed by atoms with E-state index in [4.69, 9.17) is 0 Å². The van der Waals surface area contributed by atoms with Crippen molar-refractivity contribution in [2.75, 3.05) is 38.0 Å². The molecule has 2 aliphatic heterocycles. The van der Waals surface area contributed by atoms with Gasteiger partial charge >= 0.3 is 0 Å². The topological polar surface area (TPSA) is 83.4 Å². The Morgan fingerprint density at radius 3 is 2.79 bits per heavy atom. The highest BCUT2D eigenvalue weighted by molar-refractivity contribution is 5.95. The first-order valence-electron chi connectivity index (χ1n) is 12.8. The molecule has 1 unspecified atom stereocenters. The van der Waals surface area contributed by atoms with Crippen LogP contribution in [0.4, 0.5) is 5.69 Å². The number of hydrogen-bond donors (Lipinski definition) is 1. The SMILES string of the molecule is CCCN(CC(=O)Nc1ccccc1C)C(=O)CN1CCCC(c2nnc3n2CCCCC3)C1. The summed E-state index contributed by atoms with van der Waals surface area (Å²) in [5.74, 6) is 2.39. The Balaban J connectivity index is 1.35. The van der Waals surface area contributed by atoms with Crippen LogP contribution in [0.5, 0.6) is 0 Å². The average molecular weight is 467 g/mol. The van der Waals surface area contributed by atoms with Crippen molar-refractivity contribution in [1.29, 1.82) is 0 Å². The van der Waals surface area contributed by atoms with Crippen LogP contribution in [-0.4, -0.2) is 69.1 Å². The van der Waals surface area contributed by atoms with Crippen molar-refractivity contribution >= 4 is 17.5 Å². The quantitative estimate of drug-likeness (QED) is 0.645. The summed E-state index contributed by atoms with van der Waals surface area (Å²) in [5.41, 5.74) is 1.80. The average Bonchev–Trinajstić information content (AvgIpc) is 3.08. The summed E-state index contributed by atoms with van der Waals surface area (Å²) < 4.78 is 2.34. The van der Waals surface area contributed by atoms with E-state index >= 15 is 0 Å². The lowest BCUT2D eigenvalue weighted by Crippen LogP contribution is -2.46. The Bertz CT molecular complexity index is 987. The molecule has 1 N–H and O–H groups in total. The Hall–Kier alpha value is -2.74. The van der Waals surface area contributed by atoms with Crippen LogP contribution in [0.15, 0.2) is 24.3 Å². The van der Waals surface area contributed by atoms with Gasteiger partial charge in [-0.1, -0.05) is 31.5 Å². The van der Waals surface area contributed by atoms with Gasteiger partial charge in [-0.25, -0.2) is 0 Å². The minimum atomic E-state index is -0.154. The maximum Gasteiger partial charge on any atom is 0.244 e. The molecule has 3 heterocycles. The fraction of sp³-hybridized carbons (Fsp3) is 0.615. The zero-order chi connectivity index (χ0) is 23.9.